The number of carbonyl (C=O) groups excluding carboxylic acids is 1. The van der Waals surface area contributed by atoms with Crippen molar-refractivity contribution in [1.29, 1.82) is 0 Å². The van der Waals surface area contributed by atoms with Crippen LogP contribution >= 0.6 is 0 Å². The Morgan fingerprint density at radius 3 is 2.61 bits per heavy atom. The SMILES string of the molecule is CC(C)(C)C1CCCCC1NC(=O)COCCN. The van der Waals surface area contributed by atoms with Crippen molar-refractivity contribution in [2.45, 2.75) is 52.5 Å². The maximum atomic E-state index is 11.8. The number of carbonyl (C=O) groups is 1. The van der Waals surface area contributed by atoms with Crippen LogP contribution in [0.4, 0.5) is 0 Å². The van der Waals surface area contributed by atoms with Crippen molar-refractivity contribution in [2.75, 3.05) is 19.8 Å². The van der Waals surface area contributed by atoms with Crippen molar-refractivity contribution >= 4 is 5.91 Å². The predicted molar refractivity (Wildman–Crippen MR) is 73.2 cm³/mol. The topological polar surface area (TPSA) is 64.3 Å². The maximum Gasteiger partial charge on any atom is 0.246 e. The van der Waals surface area contributed by atoms with E-state index >= 15 is 0 Å². The van der Waals surface area contributed by atoms with E-state index in [0.717, 1.165) is 6.42 Å². The average Bonchev–Trinajstić information content (AvgIpc) is 2.28. The molecule has 0 aromatic carbocycles. The average molecular weight is 256 g/mol. The van der Waals surface area contributed by atoms with Gasteiger partial charge in [0.25, 0.3) is 0 Å². The summed E-state index contributed by atoms with van der Waals surface area (Å²) in [6.45, 7) is 7.81. The van der Waals surface area contributed by atoms with Gasteiger partial charge in [-0.15, -0.1) is 0 Å². The molecule has 4 heteroatoms. The van der Waals surface area contributed by atoms with Gasteiger partial charge in [0, 0.05) is 12.6 Å². The highest BCUT2D eigenvalue weighted by molar-refractivity contribution is 5.77. The van der Waals surface area contributed by atoms with E-state index < -0.39 is 0 Å². The van der Waals surface area contributed by atoms with Crippen LogP contribution in [0.15, 0.2) is 0 Å². The molecule has 1 saturated carbocycles. The molecule has 1 aliphatic carbocycles. The molecular formula is C14H28N2O2. The van der Waals surface area contributed by atoms with Gasteiger partial charge in [0.2, 0.25) is 5.91 Å². The molecule has 4 nitrogen and oxygen atoms in total. The lowest BCUT2D eigenvalue weighted by Gasteiger charge is -2.40. The van der Waals surface area contributed by atoms with E-state index in [2.05, 4.69) is 26.1 Å². The van der Waals surface area contributed by atoms with E-state index in [1.807, 2.05) is 0 Å². The van der Waals surface area contributed by atoms with Crippen LogP contribution in [0.1, 0.15) is 46.5 Å². The lowest BCUT2D eigenvalue weighted by molar-refractivity contribution is -0.127. The van der Waals surface area contributed by atoms with Crippen LogP contribution < -0.4 is 11.1 Å². The highest BCUT2D eigenvalue weighted by atomic mass is 16.5. The molecule has 0 spiro atoms. The van der Waals surface area contributed by atoms with Crippen molar-refractivity contribution in [3.8, 4) is 0 Å². The minimum absolute atomic E-state index is 0.00963. The Morgan fingerprint density at radius 1 is 1.33 bits per heavy atom. The van der Waals surface area contributed by atoms with Crippen molar-refractivity contribution < 1.29 is 9.53 Å². The van der Waals surface area contributed by atoms with Crippen LogP contribution in [-0.4, -0.2) is 31.7 Å². The molecule has 2 unspecified atom stereocenters. The molecule has 0 radical (unpaired) electrons. The fraction of sp³-hybridized carbons (Fsp3) is 0.929. The Bertz CT molecular complexity index is 261. The third-order valence-corrected chi connectivity index (χ3v) is 3.72. The smallest absolute Gasteiger partial charge is 0.246 e. The number of ether oxygens (including phenoxy) is 1. The van der Waals surface area contributed by atoms with Gasteiger partial charge >= 0.3 is 0 Å². The third kappa shape index (κ3) is 4.94. The van der Waals surface area contributed by atoms with Crippen LogP contribution in [0.5, 0.6) is 0 Å². The molecular weight excluding hydrogens is 228 g/mol. The first-order valence-corrected chi connectivity index (χ1v) is 7.02. The summed E-state index contributed by atoms with van der Waals surface area (Å²) in [5.41, 5.74) is 5.57. The number of nitrogens with two attached hydrogens (primary N) is 1. The number of hydrogen-bond donors (Lipinski definition) is 2. The molecule has 18 heavy (non-hydrogen) atoms. The van der Waals surface area contributed by atoms with E-state index in [9.17, 15) is 4.79 Å². The third-order valence-electron chi connectivity index (χ3n) is 3.72. The van der Waals surface area contributed by atoms with E-state index in [4.69, 9.17) is 10.5 Å². The summed E-state index contributed by atoms with van der Waals surface area (Å²) in [5.74, 6) is 0.550. The molecule has 3 N–H and O–H groups in total. The number of amides is 1. The minimum atomic E-state index is -0.00963. The lowest BCUT2D eigenvalue weighted by Crippen LogP contribution is -2.47. The highest BCUT2D eigenvalue weighted by Gasteiger charge is 2.34. The van der Waals surface area contributed by atoms with Gasteiger partial charge in [-0.2, -0.15) is 0 Å². The van der Waals surface area contributed by atoms with Crippen molar-refractivity contribution in [1.82, 2.24) is 5.32 Å². The molecule has 0 heterocycles. The largest absolute Gasteiger partial charge is 0.370 e. The Balaban J connectivity index is 2.44. The molecule has 0 aromatic rings. The first-order chi connectivity index (χ1) is 8.45. The Morgan fingerprint density at radius 2 is 2.00 bits per heavy atom. The van der Waals surface area contributed by atoms with E-state index in [0.29, 0.717) is 25.1 Å². The maximum absolute atomic E-state index is 11.8. The fourth-order valence-corrected chi connectivity index (χ4v) is 2.84. The summed E-state index contributed by atoms with van der Waals surface area (Å²) >= 11 is 0. The lowest BCUT2D eigenvalue weighted by atomic mass is 9.69. The summed E-state index contributed by atoms with van der Waals surface area (Å²) in [4.78, 5) is 11.8. The van der Waals surface area contributed by atoms with Gasteiger partial charge in [0.05, 0.1) is 6.61 Å². The zero-order valence-corrected chi connectivity index (χ0v) is 12.0. The van der Waals surface area contributed by atoms with Crippen LogP contribution in [-0.2, 0) is 9.53 Å². The molecule has 106 valence electrons. The molecule has 2 atom stereocenters. The minimum Gasteiger partial charge on any atom is -0.370 e. The quantitative estimate of drug-likeness (QED) is 0.736. The van der Waals surface area contributed by atoms with Gasteiger partial charge in [-0.25, -0.2) is 0 Å². The molecule has 0 saturated heterocycles. The van der Waals surface area contributed by atoms with Crippen LogP contribution in [0.3, 0.4) is 0 Å². The Labute approximate surface area is 111 Å². The van der Waals surface area contributed by atoms with Crippen LogP contribution in [0.2, 0.25) is 0 Å². The second-order valence-electron chi connectivity index (χ2n) is 6.27. The molecule has 0 bridgehead atoms. The Kier molecular flexibility index (Phi) is 6.09. The van der Waals surface area contributed by atoms with Crippen molar-refractivity contribution in [3.05, 3.63) is 0 Å². The second kappa shape index (κ2) is 7.10. The molecule has 1 aliphatic rings. The van der Waals surface area contributed by atoms with Gasteiger partial charge in [-0.1, -0.05) is 33.6 Å². The molecule has 0 aliphatic heterocycles. The first-order valence-electron chi connectivity index (χ1n) is 7.02. The van der Waals surface area contributed by atoms with E-state index in [1.54, 1.807) is 0 Å². The monoisotopic (exact) mass is 256 g/mol. The summed E-state index contributed by atoms with van der Waals surface area (Å²) in [7, 11) is 0. The van der Waals surface area contributed by atoms with Crippen molar-refractivity contribution in [2.24, 2.45) is 17.1 Å². The number of nitrogens with one attached hydrogen (secondary N) is 1. The summed E-state index contributed by atoms with van der Waals surface area (Å²) < 4.78 is 5.17. The summed E-state index contributed by atoms with van der Waals surface area (Å²) in [6.07, 6.45) is 4.78. The summed E-state index contributed by atoms with van der Waals surface area (Å²) in [6, 6.07) is 0.299. The predicted octanol–water partition coefficient (Wildman–Crippen LogP) is 1.68. The number of hydrogen-bond acceptors (Lipinski definition) is 3. The van der Waals surface area contributed by atoms with Crippen LogP contribution in [0, 0.1) is 11.3 Å². The summed E-state index contributed by atoms with van der Waals surface area (Å²) in [5, 5.41) is 3.13. The fourth-order valence-electron chi connectivity index (χ4n) is 2.84. The Hall–Kier alpha value is -0.610. The molecule has 1 rings (SSSR count). The molecule has 1 fully saturated rings. The van der Waals surface area contributed by atoms with Gasteiger partial charge in [-0.05, 0) is 24.2 Å². The number of rotatable bonds is 5. The van der Waals surface area contributed by atoms with Gasteiger partial charge in [0.15, 0.2) is 0 Å². The normalized spacial score (nSPS) is 24.9. The van der Waals surface area contributed by atoms with Gasteiger partial charge < -0.3 is 15.8 Å². The first kappa shape index (κ1) is 15.4. The van der Waals surface area contributed by atoms with E-state index in [-0.39, 0.29) is 17.9 Å². The zero-order valence-electron chi connectivity index (χ0n) is 12.0. The van der Waals surface area contributed by atoms with E-state index in [1.165, 1.54) is 19.3 Å². The standard InChI is InChI=1S/C14H28N2O2/c1-14(2,3)11-6-4-5-7-12(11)16-13(17)10-18-9-8-15/h11-12H,4-10,15H2,1-3H3,(H,16,17). The van der Waals surface area contributed by atoms with Crippen molar-refractivity contribution in [3.63, 3.8) is 0 Å². The second-order valence-corrected chi connectivity index (χ2v) is 6.27. The van der Waals surface area contributed by atoms with Gasteiger partial charge in [-0.3, -0.25) is 4.79 Å². The zero-order chi connectivity index (χ0) is 13.6. The highest BCUT2D eigenvalue weighted by Crippen LogP contribution is 2.37. The molecule has 1 amide bonds. The van der Waals surface area contributed by atoms with Crippen LogP contribution in [0.25, 0.3) is 0 Å². The molecule has 0 aromatic heterocycles. The van der Waals surface area contributed by atoms with Gasteiger partial charge in [0.1, 0.15) is 6.61 Å².